The maximum Gasteiger partial charge on any atom is 0.179 e. The first-order chi connectivity index (χ1) is 8.24. The van der Waals surface area contributed by atoms with Crippen molar-refractivity contribution in [3.05, 3.63) is 0 Å². The average molecular weight is 278 g/mol. The Morgan fingerprint density at radius 1 is 1.00 bits per heavy atom. The molecule has 0 amide bonds. The zero-order valence-electron chi connectivity index (χ0n) is 11.7. The average Bonchev–Trinajstić information content (AvgIpc) is 2.25. The second-order valence-electron chi connectivity index (χ2n) is 5.23. The van der Waals surface area contributed by atoms with E-state index in [1.54, 1.807) is 0 Å². The number of ketones is 2. The molecule has 0 spiro atoms. The number of aliphatic hydroxyl groups is 5. The van der Waals surface area contributed by atoms with Crippen molar-refractivity contribution in [1.29, 1.82) is 0 Å². The molecule has 0 aliphatic heterocycles. The monoisotopic (exact) mass is 278 g/mol. The molecule has 0 aromatic rings. The third-order valence-corrected chi connectivity index (χ3v) is 3.79. The van der Waals surface area contributed by atoms with Gasteiger partial charge in [-0.25, -0.2) is 0 Å². The number of rotatable bonds is 6. The molecule has 0 radical (unpaired) electrons. The summed E-state index contributed by atoms with van der Waals surface area (Å²) in [6.07, 6.45) is -3.77. The van der Waals surface area contributed by atoms with Crippen LogP contribution in [0.15, 0.2) is 0 Å². The second kappa shape index (κ2) is 5.26. The number of carbonyl (C=O) groups excluding carboxylic acids is 2. The molecular formula is C12H22O7. The molecule has 0 saturated carbocycles. The van der Waals surface area contributed by atoms with Crippen LogP contribution in [0, 0.1) is 0 Å². The molecule has 19 heavy (non-hydrogen) atoms. The number of Topliss-reactive ketones (excluding diaryl/α,β-unsaturated/α-hetero) is 2. The van der Waals surface area contributed by atoms with Gasteiger partial charge in [0.1, 0.15) is 17.3 Å². The van der Waals surface area contributed by atoms with E-state index in [-0.39, 0.29) is 0 Å². The first-order valence-corrected chi connectivity index (χ1v) is 5.79. The molecule has 7 heteroatoms. The topological polar surface area (TPSA) is 135 Å². The molecule has 0 aromatic heterocycles. The van der Waals surface area contributed by atoms with Crippen molar-refractivity contribution >= 4 is 11.6 Å². The van der Waals surface area contributed by atoms with Crippen molar-refractivity contribution in [2.24, 2.45) is 0 Å². The summed E-state index contributed by atoms with van der Waals surface area (Å²) < 4.78 is 0. The van der Waals surface area contributed by atoms with Gasteiger partial charge >= 0.3 is 0 Å². The van der Waals surface area contributed by atoms with Gasteiger partial charge in [-0.3, -0.25) is 9.59 Å². The maximum atomic E-state index is 11.5. The van der Waals surface area contributed by atoms with E-state index in [1.807, 2.05) is 0 Å². The number of aliphatic hydroxyl groups excluding tert-OH is 2. The van der Waals surface area contributed by atoms with Crippen molar-refractivity contribution in [3.8, 4) is 0 Å². The van der Waals surface area contributed by atoms with Crippen LogP contribution in [-0.2, 0) is 9.59 Å². The highest BCUT2D eigenvalue weighted by Crippen LogP contribution is 2.38. The lowest BCUT2D eigenvalue weighted by Gasteiger charge is -2.50. The molecule has 0 bridgehead atoms. The van der Waals surface area contributed by atoms with Crippen molar-refractivity contribution in [3.63, 3.8) is 0 Å². The fourth-order valence-corrected chi connectivity index (χ4v) is 2.09. The van der Waals surface area contributed by atoms with E-state index in [9.17, 15) is 35.1 Å². The van der Waals surface area contributed by atoms with Crippen LogP contribution in [0.2, 0.25) is 0 Å². The zero-order valence-corrected chi connectivity index (χ0v) is 11.7. The molecule has 0 rings (SSSR count). The van der Waals surface area contributed by atoms with Crippen LogP contribution >= 0.6 is 0 Å². The first-order valence-electron chi connectivity index (χ1n) is 5.79. The van der Waals surface area contributed by atoms with E-state index in [4.69, 9.17) is 0 Å². The van der Waals surface area contributed by atoms with Gasteiger partial charge in [-0.2, -0.15) is 0 Å². The summed E-state index contributed by atoms with van der Waals surface area (Å²) in [5.74, 6) is -1.87. The molecule has 0 aliphatic carbocycles. The summed E-state index contributed by atoms with van der Waals surface area (Å²) in [6, 6.07) is 0. The minimum absolute atomic E-state index is 0.859. The Morgan fingerprint density at radius 2 is 1.37 bits per heavy atom. The van der Waals surface area contributed by atoms with Gasteiger partial charge in [-0.05, 0) is 34.6 Å². The zero-order chi connectivity index (χ0) is 15.8. The van der Waals surface area contributed by atoms with Gasteiger partial charge in [0.25, 0.3) is 0 Å². The van der Waals surface area contributed by atoms with Gasteiger partial charge in [0.15, 0.2) is 17.2 Å². The Kier molecular flexibility index (Phi) is 5.02. The SMILES string of the molecule is CC(=O)C(O)[C@@](C)(O)[C@](C)(O)[C@@](O)(C(C)=O)C(C)O. The summed E-state index contributed by atoms with van der Waals surface area (Å²) in [5, 5.41) is 49.9. The van der Waals surface area contributed by atoms with Crippen molar-refractivity contribution in [2.75, 3.05) is 0 Å². The van der Waals surface area contributed by atoms with Crippen LogP contribution in [-0.4, -0.2) is 66.1 Å². The predicted octanol–water partition coefficient (Wildman–Crippen LogP) is -1.86. The lowest BCUT2D eigenvalue weighted by Crippen LogP contribution is -2.75. The van der Waals surface area contributed by atoms with Crippen LogP contribution in [0.1, 0.15) is 34.6 Å². The van der Waals surface area contributed by atoms with Crippen molar-refractivity contribution in [2.45, 2.75) is 63.6 Å². The van der Waals surface area contributed by atoms with E-state index in [0.717, 1.165) is 34.6 Å². The maximum absolute atomic E-state index is 11.5. The van der Waals surface area contributed by atoms with Gasteiger partial charge in [0, 0.05) is 0 Å². The highest BCUT2D eigenvalue weighted by atomic mass is 16.4. The molecule has 0 aliphatic rings. The van der Waals surface area contributed by atoms with Gasteiger partial charge in [0.05, 0.1) is 6.10 Å². The fourth-order valence-electron chi connectivity index (χ4n) is 2.09. The lowest BCUT2D eigenvalue weighted by atomic mass is 9.66. The van der Waals surface area contributed by atoms with E-state index >= 15 is 0 Å². The molecule has 7 nitrogen and oxygen atoms in total. The van der Waals surface area contributed by atoms with Crippen molar-refractivity contribution in [1.82, 2.24) is 0 Å². The predicted molar refractivity (Wildman–Crippen MR) is 65.2 cm³/mol. The summed E-state index contributed by atoms with van der Waals surface area (Å²) in [4.78, 5) is 22.7. The summed E-state index contributed by atoms with van der Waals surface area (Å²) >= 11 is 0. The fraction of sp³-hybridized carbons (Fsp3) is 0.833. The highest BCUT2D eigenvalue weighted by Gasteiger charge is 2.64. The smallest absolute Gasteiger partial charge is 0.179 e. The first kappa shape index (κ1) is 18.1. The summed E-state index contributed by atoms with van der Waals surface area (Å²) in [7, 11) is 0. The highest BCUT2D eigenvalue weighted by molar-refractivity contribution is 5.88. The van der Waals surface area contributed by atoms with E-state index in [1.165, 1.54) is 0 Å². The lowest BCUT2D eigenvalue weighted by molar-refractivity contribution is -0.267. The third kappa shape index (κ3) is 2.56. The van der Waals surface area contributed by atoms with E-state index < -0.39 is 40.6 Å². The minimum atomic E-state index is -2.74. The molecule has 5 atom stereocenters. The molecule has 0 fully saturated rings. The Balaban J connectivity index is 5.95. The van der Waals surface area contributed by atoms with Crippen LogP contribution in [0.3, 0.4) is 0 Å². The van der Waals surface area contributed by atoms with E-state index in [0.29, 0.717) is 0 Å². The van der Waals surface area contributed by atoms with Crippen LogP contribution in [0.4, 0.5) is 0 Å². The molecule has 2 unspecified atom stereocenters. The molecule has 5 N–H and O–H groups in total. The van der Waals surface area contributed by atoms with Gasteiger partial charge < -0.3 is 25.5 Å². The van der Waals surface area contributed by atoms with Crippen LogP contribution in [0.25, 0.3) is 0 Å². The van der Waals surface area contributed by atoms with Gasteiger partial charge in [-0.15, -0.1) is 0 Å². The minimum Gasteiger partial charge on any atom is -0.390 e. The number of hydrogen-bond acceptors (Lipinski definition) is 7. The molecule has 0 heterocycles. The molecule has 0 saturated heterocycles. The van der Waals surface area contributed by atoms with E-state index in [2.05, 4.69) is 0 Å². The third-order valence-electron chi connectivity index (χ3n) is 3.79. The Hall–Kier alpha value is -0.860. The Bertz CT molecular complexity index is 372. The number of carbonyl (C=O) groups is 2. The standard InChI is InChI=1S/C12H22O7/c1-6(13)9(16)10(4,17)11(5,18)12(19,7(2)14)8(3)15/h7,9,14,16-19H,1-5H3/t7?,9?,10-,11+,12+/m1/s1. The van der Waals surface area contributed by atoms with Crippen molar-refractivity contribution < 1.29 is 35.1 Å². The summed E-state index contributed by atoms with van der Waals surface area (Å²) in [6.45, 7) is 4.70. The number of hydrogen-bond donors (Lipinski definition) is 5. The molecule has 0 aromatic carbocycles. The van der Waals surface area contributed by atoms with Crippen LogP contribution < -0.4 is 0 Å². The quantitative estimate of drug-likeness (QED) is 0.384. The van der Waals surface area contributed by atoms with Gasteiger partial charge in [0.2, 0.25) is 0 Å². The molecular weight excluding hydrogens is 256 g/mol. The second-order valence-corrected chi connectivity index (χ2v) is 5.23. The summed E-state index contributed by atoms with van der Waals surface area (Å²) in [5.41, 5.74) is -7.95. The van der Waals surface area contributed by atoms with Crippen LogP contribution in [0.5, 0.6) is 0 Å². The Labute approximate surface area is 111 Å². The largest absolute Gasteiger partial charge is 0.390 e. The van der Waals surface area contributed by atoms with Gasteiger partial charge in [-0.1, -0.05) is 0 Å². The normalized spacial score (nSPS) is 24.5. The molecule has 112 valence electrons. The Morgan fingerprint density at radius 3 is 1.58 bits per heavy atom.